The standard InChI is InChI=1S/C19H27N5O3S/c1-12-16(13(2)27-23-12)7-24-6-14-8-26-11-19(14,10-24)17(25)21-5-3-4-15-9-28-18(20)22-15/h9,14H,3-8,10-11H2,1-2H3,(H2,20,22)(H,21,25)/t14-,19-/m1/s1. The maximum Gasteiger partial charge on any atom is 0.230 e. The summed E-state index contributed by atoms with van der Waals surface area (Å²) in [5.74, 6) is 1.19. The van der Waals surface area contributed by atoms with E-state index in [4.69, 9.17) is 15.0 Å². The van der Waals surface area contributed by atoms with Gasteiger partial charge in [0.05, 0.1) is 30.0 Å². The number of nitrogens with zero attached hydrogens (tertiary/aromatic N) is 3. The molecule has 28 heavy (non-hydrogen) atoms. The molecule has 3 N–H and O–H groups in total. The fourth-order valence-corrected chi connectivity index (χ4v) is 4.91. The molecule has 0 bridgehead atoms. The largest absolute Gasteiger partial charge is 0.380 e. The zero-order valence-electron chi connectivity index (χ0n) is 16.4. The van der Waals surface area contributed by atoms with Crippen LogP contribution in [0.1, 0.15) is 29.1 Å². The molecular formula is C19H27N5O3S. The number of thiazole rings is 1. The minimum Gasteiger partial charge on any atom is -0.380 e. The van der Waals surface area contributed by atoms with Crippen molar-refractivity contribution in [3.63, 3.8) is 0 Å². The van der Waals surface area contributed by atoms with Gasteiger partial charge in [0, 0.05) is 43.0 Å². The van der Waals surface area contributed by atoms with Crippen LogP contribution in [0.15, 0.2) is 9.90 Å². The smallest absolute Gasteiger partial charge is 0.230 e. The van der Waals surface area contributed by atoms with Gasteiger partial charge in [-0.2, -0.15) is 0 Å². The van der Waals surface area contributed by atoms with Crippen LogP contribution < -0.4 is 11.1 Å². The number of anilines is 1. The van der Waals surface area contributed by atoms with Crippen molar-refractivity contribution < 1.29 is 14.1 Å². The third-order valence-corrected chi connectivity index (χ3v) is 6.65. The first-order chi connectivity index (χ1) is 13.5. The summed E-state index contributed by atoms with van der Waals surface area (Å²) in [4.78, 5) is 19.7. The normalized spacial score (nSPS) is 24.6. The van der Waals surface area contributed by atoms with Crippen molar-refractivity contribution in [2.45, 2.75) is 33.2 Å². The Morgan fingerprint density at radius 1 is 1.50 bits per heavy atom. The first-order valence-electron chi connectivity index (χ1n) is 9.68. The molecule has 2 aromatic heterocycles. The van der Waals surface area contributed by atoms with Gasteiger partial charge in [-0.15, -0.1) is 11.3 Å². The van der Waals surface area contributed by atoms with E-state index in [1.807, 2.05) is 19.2 Å². The van der Waals surface area contributed by atoms with Crippen molar-refractivity contribution in [2.24, 2.45) is 11.3 Å². The Hall–Kier alpha value is -1.97. The number of nitrogens with one attached hydrogen (secondary N) is 1. The molecule has 2 saturated heterocycles. The Kier molecular flexibility index (Phi) is 5.39. The highest BCUT2D eigenvalue weighted by molar-refractivity contribution is 7.13. The van der Waals surface area contributed by atoms with E-state index < -0.39 is 5.41 Å². The zero-order chi connectivity index (χ0) is 19.7. The second kappa shape index (κ2) is 7.81. The summed E-state index contributed by atoms with van der Waals surface area (Å²) in [6, 6.07) is 0. The highest BCUT2D eigenvalue weighted by atomic mass is 32.1. The molecule has 9 heteroatoms. The molecule has 2 aliphatic rings. The number of carbonyl (C=O) groups is 1. The van der Waals surface area contributed by atoms with Crippen LogP contribution in [-0.4, -0.2) is 53.8 Å². The summed E-state index contributed by atoms with van der Waals surface area (Å²) >= 11 is 1.45. The third-order valence-electron chi connectivity index (χ3n) is 5.92. The lowest BCUT2D eigenvalue weighted by molar-refractivity contribution is -0.131. The SMILES string of the molecule is Cc1noc(C)c1CN1C[C@@H]2COC[C@]2(C(=O)NCCCc2csc(N)n2)C1. The second-order valence-corrected chi connectivity index (χ2v) is 8.77. The van der Waals surface area contributed by atoms with E-state index in [1.165, 1.54) is 11.3 Å². The second-order valence-electron chi connectivity index (χ2n) is 7.88. The summed E-state index contributed by atoms with van der Waals surface area (Å²) in [6.07, 6.45) is 1.67. The summed E-state index contributed by atoms with van der Waals surface area (Å²) in [5.41, 5.74) is 8.24. The number of amides is 1. The molecule has 1 amide bonds. The lowest BCUT2D eigenvalue weighted by Crippen LogP contribution is -2.47. The monoisotopic (exact) mass is 405 g/mol. The van der Waals surface area contributed by atoms with Crippen LogP contribution in [0.3, 0.4) is 0 Å². The average Bonchev–Trinajstić information content (AvgIpc) is 3.40. The number of hydrogen-bond donors (Lipinski definition) is 2. The number of ether oxygens (including phenoxy) is 1. The van der Waals surface area contributed by atoms with Crippen LogP contribution in [0.5, 0.6) is 0 Å². The summed E-state index contributed by atoms with van der Waals surface area (Å²) < 4.78 is 11.0. The Labute approximate surface area is 168 Å². The van der Waals surface area contributed by atoms with E-state index in [9.17, 15) is 4.79 Å². The highest BCUT2D eigenvalue weighted by Gasteiger charge is 2.55. The zero-order valence-corrected chi connectivity index (χ0v) is 17.2. The molecule has 2 aromatic rings. The Bertz CT molecular complexity index is 831. The molecule has 4 heterocycles. The molecule has 0 spiro atoms. The van der Waals surface area contributed by atoms with Crippen LogP contribution in [0.25, 0.3) is 0 Å². The molecule has 0 aromatic carbocycles. The van der Waals surface area contributed by atoms with Gasteiger partial charge >= 0.3 is 0 Å². The number of aromatic nitrogens is 2. The van der Waals surface area contributed by atoms with Crippen LogP contribution in [-0.2, 0) is 22.5 Å². The Morgan fingerprint density at radius 3 is 3.07 bits per heavy atom. The number of nitrogens with two attached hydrogens (primary N) is 1. The van der Waals surface area contributed by atoms with Gasteiger partial charge in [-0.25, -0.2) is 4.98 Å². The summed E-state index contributed by atoms with van der Waals surface area (Å²) in [5, 5.41) is 9.74. The predicted molar refractivity (Wildman–Crippen MR) is 106 cm³/mol. The topological polar surface area (TPSA) is 107 Å². The van der Waals surface area contributed by atoms with Crippen LogP contribution in [0, 0.1) is 25.2 Å². The van der Waals surface area contributed by atoms with E-state index in [1.54, 1.807) is 0 Å². The fraction of sp³-hybridized carbons (Fsp3) is 0.632. The fourth-order valence-electron chi connectivity index (χ4n) is 4.32. The number of likely N-dealkylation sites (tertiary alicyclic amines) is 1. The van der Waals surface area contributed by atoms with E-state index >= 15 is 0 Å². The molecule has 2 atom stereocenters. The molecule has 0 saturated carbocycles. The van der Waals surface area contributed by atoms with Gasteiger partial charge in [0.15, 0.2) is 5.13 Å². The number of fused-ring (bicyclic) bond motifs is 1. The van der Waals surface area contributed by atoms with Gasteiger partial charge in [0.25, 0.3) is 0 Å². The van der Waals surface area contributed by atoms with Gasteiger partial charge in [0.1, 0.15) is 5.76 Å². The van der Waals surface area contributed by atoms with Crippen LogP contribution in [0.2, 0.25) is 0 Å². The maximum atomic E-state index is 13.1. The quantitative estimate of drug-likeness (QED) is 0.673. The predicted octanol–water partition coefficient (Wildman–Crippen LogP) is 1.53. The van der Waals surface area contributed by atoms with E-state index in [0.29, 0.717) is 31.4 Å². The Morgan fingerprint density at radius 2 is 2.36 bits per heavy atom. The average molecular weight is 406 g/mol. The molecule has 0 aliphatic carbocycles. The molecular weight excluding hydrogens is 378 g/mol. The number of nitrogen functional groups attached to an aromatic ring is 1. The molecule has 0 radical (unpaired) electrons. The van der Waals surface area contributed by atoms with Crippen molar-refractivity contribution >= 4 is 22.4 Å². The first-order valence-corrected chi connectivity index (χ1v) is 10.6. The van der Waals surface area contributed by atoms with Crippen molar-refractivity contribution in [3.05, 3.63) is 28.1 Å². The van der Waals surface area contributed by atoms with Crippen molar-refractivity contribution in [3.8, 4) is 0 Å². The maximum absolute atomic E-state index is 13.1. The van der Waals surface area contributed by atoms with E-state index in [-0.39, 0.29) is 11.8 Å². The van der Waals surface area contributed by atoms with E-state index in [0.717, 1.165) is 48.6 Å². The summed E-state index contributed by atoms with van der Waals surface area (Å²) in [6.45, 7) is 7.99. The number of aryl methyl sites for hydroxylation is 3. The van der Waals surface area contributed by atoms with Crippen molar-refractivity contribution in [1.29, 1.82) is 0 Å². The highest BCUT2D eigenvalue weighted by Crippen LogP contribution is 2.42. The minimum atomic E-state index is -0.454. The number of carbonyl (C=O) groups excluding carboxylic acids is 1. The van der Waals surface area contributed by atoms with Crippen molar-refractivity contribution in [2.75, 3.05) is 38.6 Å². The number of rotatable bonds is 7. The lowest BCUT2D eigenvalue weighted by atomic mass is 9.80. The Balaban J connectivity index is 1.33. The molecule has 152 valence electrons. The van der Waals surface area contributed by atoms with Gasteiger partial charge < -0.3 is 20.3 Å². The van der Waals surface area contributed by atoms with Gasteiger partial charge in [-0.1, -0.05) is 5.16 Å². The van der Waals surface area contributed by atoms with Crippen LogP contribution >= 0.6 is 11.3 Å². The first kappa shape index (κ1) is 19.4. The third kappa shape index (κ3) is 3.66. The van der Waals surface area contributed by atoms with Crippen LogP contribution in [0.4, 0.5) is 5.13 Å². The minimum absolute atomic E-state index is 0.106. The van der Waals surface area contributed by atoms with Gasteiger partial charge in [-0.05, 0) is 26.7 Å². The van der Waals surface area contributed by atoms with Gasteiger partial charge in [-0.3, -0.25) is 9.69 Å². The molecule has 4 rings (SSSR count). The van der Waals surface area contributed by atoms with Gasteiger partial charge in [0.2, 0.25) is 5.91 Å². The van der Waals surface area contributed by atoms with E-state index in [2.05, 4.69) is 20.4 Å². The van der Waals surface area contributed by atoms with Crippen molar-refractivity contribution in [1.82, 2.24) is 20.4 Å². The molecule has 8 nitrogen and oxygen atoms in total. The molecule has 2 fully saturated rings. The number of hydrogen-bond acceptors (Lipinski definition) is 8. The summed E-state index contributed by atoms with van der Waals surface area (Å²) in [7, 11) is 0. The lowest BCUT2D eigenvalue weighted by Gasteiger charge is -2.26. The molecule has 2 aliphatic heterocycles. The molecule has 0 unspecified atom stereocenters.